The fourth-order valence-corrected chi connectivity index (χ4v) is 2.81. The Kier molecular flexibility index (Phi) is 3.89. The van der Waals surface area contributed by atoms with E-state index in [9.17, 15) is 14.0 Å². The zero-order valence-corrected chi connectivity index (χ0v) is 11.9. The van der Waals surface area contributed by atoms with Crippen LogP contribution in [0.3, 0.4) is 0 Å². The molecule has 1 aromatic carbocycles. The van der Waals surface area contributed by atoms with Gasteiger partial charge in [-0.25, -0.2) is 4.39 Å². The lowest BCUT2D eigenvalue weighted by Crippen LogP contribution is -2.37. The van der Waals surface area contributed by atoms with Gasteiger partial charge in [-0.2, -0.15) is 0 Å². The first-order valence-corrected chi connectivity index (χ1v) is 6.70. The minimum Gasteiger partial charge on any atom is -0.481 e. The molecule has 0 aromatic heterocycles. The summed E-state index contributed by atoms with van der Waals surface area (Å²) in [4.78, 5) is 24.8. The maximum absolute atomic E-state index is 13.4. The normalized spacial score (nSPS) is 22.6. The molecule has 1 heterocycles. The Labute approximate surface area is 118 Å². The molecule has 6 heteroatoms. The average molecular weight is 330 g/mol. The van der Waals surface area contributed by atoms with Crippen molar-refractivity contribution in [2.45, 2.75) is 19.4 Å². The standard InChI is InChI=1S/C13H13BrFNO3/c1-7-8(13(18)19)5-6-16(7)12(17)9-3-2-4-10(15)11(9)14/h2-4,7-8H,5-6H2,1H3,(H,18,19). The largest absolute Gasteiger partial charge is 0.481 e. The van der Waals surface area contributed by atoms with Gasteiger partial charge in [0.1, 0.15) is 5.82 Å². The van der Waals surface area contributed by atoms with Crippen molar-refractivity contribution in [1.29, 1.82) is 0 Å². The van der Waals surface area contributed by atoms with Gasteiger partial charge in [-0.1, -0.05) is 6.07 Å². The molecule has 1 fully saturated rings. The summed E-state index contributed by atoms with van der Waals surface area (Å²) in [5, 5.41) is 9.05. The molecule has 1 aliphatic rings. The molecule has 0 spiro atoms. The molecular weight excluding hydrogens is 317 g/mol. The topological polar surface area (TPSA) is 57.6 Å². The second-order valence-corrected chi connectivity index (χ2v) is 5.37. The molecule has 2 atom stereocenters. The lowest BCUT2D eigenvalue weighted by Gasteiger charge is -2.23. The lowest BCUT2D eigenvalue weighted by molar-refractivity contribution is -0.142. The highest BCUT2D eigenvalue weighted by Crippen LogP contribution is 2.29. The number of rotatable bonds is 2. The maximum Gasteiger partial charge on any atom is 0.308 e. The molecule has 1 saturated heterocycles. The van der Waals surface area contributed by atoms with E-state index >= 15 is 0 Å². The molecule has 102 valence electrons. The van der Waals surface area contributed by atoms with E-state index in [1.54, 1.807) is 6.92 Å². The minimum atomic E-state index is -0.902. The quantitative estimate of drug-likeness (QED) is 0.907. The number of aliphatic carboxylic acids is 1. The second-order valence-electron chi connectivity index (χ2n) is 4.57. The highest BCUT2D eigenvalue weighted by molar-refractivity contribution is 9.10. The Balaban J connectivity index is 2.26. The van der Waals surface area contributed by atoms with Gasteiger partial charge in [0.15, 0.2) is 0 Å². The van der Waals surface area contributed by atoms with E-state index in [0.717, 1.165) is 0 Å². The predicted molar refractivity (Wildman–Crippen MR) is 70.3 cm³/mol. The first-order chi connectivity index (χ1) is 8.93. The van der Waals surface area contributed by atoms with Crippen molar-refractivity contribution in [2.75, 3.05) is 6.54 Å². The zero-order valence-electron chi connectivity index (χ0n) is 10.3. The van der Waals surface area contributed by atoms with E-state index in [-0.39, 0.29) is 22.0 Å². The van der Waals surface area contributed by atoms with E-state index in [1.807, 2.05) is 0 Å². The monoisotopic (exact) mass is 329 g/mol. The molecule has 2 rings (SSSR count). The highest BCUT2D eigenvalue weighted by atomic mass is 79.9. The van der Waals surface area contributed by atoms with Crippen LogP contribution in [0.4, 0.5) is 4.39 Å². The Bertz CT molecular complexity index is 535. The molecule has 4 nitrogen and oxygen atoms in total. The van der Waals surface area contributed by atoms with Crippen LogP contribution >= 0.6 is 15.9 Å². The van der Waals surface area contributed by atoms with Crippen molar-refractivity contribution in [1.82, 2.24) is 4.90 Å². The molecule has 0 radical (unpaired) electrons. The van der Waals surface area contributed by atoms with E-state index in [2.05, 4.69) is 15.9 Å². The number of benzene rings is 1. The Hall–Kier alpha value is -1.43. The van der Waals surface area contributed by atoms with Gasteiger partial charge in [0, 0.05) is 12.6 Å². The number of likely N-dealkylation sites (tertiary alicyclic amines) is 1. The smallest absolute Gasteiger partial charge is 0.308 e. The van der Waals surface area contributed by atoms with Crippen LogP contribution in [-0.2, 0) is 4.79 Å². The van der Waals surface area contributed by atoms with Crippen molar-refractivity contribution in [2.24, 2.45) is 5.92 Å². The Morgan fingerprint density at radius 2 is 2.16 bits per heavy atom. The van der Waals surface area contributed by atoms with Gasteiger partial charge in [0.05, 0.1) is 16.0 Å². The summed E-state index contributed by atoms with van der Waals surface area (Å²) in [5.74, 6) is -2.31. The molecule has 0 aliphatic carbocycles. The number of carboxylic acid groups (broad SMARTS) is 1. The van der Waals surface area contributed by atoms with Crippen molar-refractivity contribution in [3.63, 3.8) is 0 Å². The van der Waals surface area contributed by atoms with E-state index in [4.69, 9.17) is 5.11 Å². The number of carbonyl (C=O) groups is 2. The van der Waals surface area contributed by atoms with Crippen LogP contribution in [0.2, 0.25) is 0 Å². The molecule has 0 saturated carbocycles. The molecule has 1 N–H and O–H groups in total. The van der Waals surface area contributed by atoms with Crippen molar-refractivity contribution < 1.29 is 19.1 Å². The summed E-state index contributed by atoms with van der Waals surface area (Å²) in [6.45, 7) is 2.08. The average Bonchev–Trinajstić information content (AvgIpc) is 2.74. The summed E-state index contributed by atoms with van der Waals surface area (Å²) in [6, 6.07) is 3.85. The van der Waals surface area contributed by atoms with Crippen LogP contribution in [0.25, 0.3) is 0 Å². The molecule has 19 heavy (non-hydrogen) atoms. The van der Waals surface area contributed by atoms with Crippen LogP contribution < -0.4 is 0 Å². The number of nitrogens with zero attached hydrogens (tertiary/aromatic N) is 1. The van der Waals surface area contributed by atoms with E-state index in [0.29, 0.717) is 13.0 Å². The van der Waals surface area contributed by atoms with Gasteiger partial charge in [0.25, 0.3) is 5.91 Å². The summed E-state index contributed by atoms with van der Waals surface area (Å²) >= 11 is 3.05. The third-order valence-electron chi connectivity index (χ3n) is 3.52. The van der Waals surface area contributed by atoms with Gasteiger partial charge in [0.2, 0.25) is 0 Å². The van der Waals surface area contributed by atoms with Crippen molar-refractivity contribution in [3.8, 4) is 0 Å². The number of amides is 1. The van der Waals surface area contributed by atoms with Gasteiger partial charge in [-0.3, -0.25) is 9.59 Å². The van der Waals surface area contributed by atoms with Gasteiger partial charge < -0.3 is 10.0 Å². The summed E-state index contributed by atoms with van der Waals surface area (Å²) in [5.41, 5.74) is 0.220. The van der Waals surface area contributed by atoms with Crippen molar-refractivity contribution >= 4 is 27.8 Å². The first-order valence-electron chi connectivity index (χ1n) is 5.91. The van der Waals surface area contributed by atoms with Gasteiger partial charge in [-0.15, -0.1) is 0 Å². The SMILES string of the molecule is CC1C(C(=O)O)CCN1C(=O)c1cccc(F)c1Br. The fraction of sp³-hybridized carbons (Fsp3) is 0.385. The lowest BCUT2D eigenvalue weighted by atomic mass is 10.0. The van der Waals surface area contributed by atoms with Crippen LogP contribution in [0.15, 0.2) is 22.7 Å². The Morgan fingerprint density at radius 1 is 1.47 bits per heavy atom. The van der Waals surface area contributed by atoms with E-state index < -0.39 is 17.7 Å². The van der Waals surface area contributed by atoms with Crippen molar-refractivity contribution in [3.05, 3.63) is 34.1 Å². The predicted octanol–water partition coefficient (Wildman–Crippen LogP) is 2.52. The summed E-state index contributed by atoms with van der Waals surface area (Å²) in [7, 11) is 0. The minimum absolute atomic E-state index is 0.117. The third kappa shape index (κ3) is 2.49. The number of carboxylic acids is 1. The van der Waals surface area contributed by atoms with Gasteiger partial charge >= 0.3 is 5.97 Å². The fourth-order valence-electron chi connectivity index (χ4n) is 2.38. The Morgan fingerprint density at radius 3 is 2.74 bits per heavy atom. The molecule has 1 aliphatic heterocycles. The first kappa shape index (κ1) is 14.0. The van der Waals surface area contributed by atoms with Crippen LogP contribution in [0.1, 0.15) is 23.7 Å². The molecule has 1 amide bonds. The van der Waals surface area contributed by atoms with Gasteiger partial charge in [-0.05, 0) is 41.4 Å². The summed E-state index contributed by atoms with van der Waals surface area (Å²) < 4.78 is 13.5. The molecule has 1 aromatic rings. The van der Waals surface area contributed by atoms with E-state index in [1.165, 1.54) is 23.1 Å². The number of hydrogen-bond acceptors (Lipinski definition) is 2. The maximum atomic E-state index is 13.4. The second kappa shape index (κ2) is 5.28. The molecule has 2 unspecified atom stereocenters. The van der Waals surface area contributed by atoms with Crippen LogP contribution in [0.5, 0.6) is 0 Å². The summed E-state index contributed by atoms with van der Waals surface area (Å²) in [6.07, 6.45) is 0.426. The third-order valence-corrected chi connectivity index (χ3v) is 4.32. The van der Waals surface area contributed by atoms with Crippen LogP contribution in [0, 0.1) is 11.7 Å². The molecule has 0 bridgehead atoms. The number of halogens is 2. The zero-order chi connectivity index (χ0) is 14.2. The number of hydrogen-bond donors (Lipinski definition) is 1. The highest BCUT2D eigenvalue weighted by Gasteiger charge is 2.38. The molecular formula is C13H13BrFNO3. The van der Waals surface area contributed by atoms with Crippen LogP contribution in [-0.4, -0.2) is 34.5 Å². The number of carbonyl (C=O) groups excluding carboxylic acids is 1.